The van der Waals surface area contributed by atoms with Gasteiger partial charge in [0.05, 0.1) is 17.0 Å². The van der Waals surface area contributed by atoms with Gasteiger partial charge < -0.3 is 14.8 Å². The zero-order valence-electron chi connectivity index (χ0n) is 19.0. The second-order valence-electron chi connectivity index (χ2n) is 8.09. The molecule has 3 aromatic rings. The first-order chi connectivity index (χ1) is 16.9. The fraction of sp³-hybridized carbons (Fsp3) is 0.160. The molecule has 1 aliphatic rings. The van der Waals surface area contributed by atoms with Gasteiger partial charge in [0.2, 0.25) is 0 Å². The number of amides is 1. The number of benzene rings is 2. The van der Waals surface area contributed by atoms with Crippen LogP contribution in [0.2, 0.25) is 0 Å². The summed E-state index contributed by atoms with van der Waals surface area (Å²) in [5.74, 6) is -2.12. The number of aromatic carboxylic acids is 1. The molecule has 186 valence electrons. The number of rotatable bonds is 5. The molecule has 4 rings (SSSR count). The van der Waals surface area contributed by atoms with Crippen molar-refractivity contribution in [1.82, 2.24) is 9.47 Å². The molecule has 2 N–H and O–H groups in total. The topological polar surface area (TPSA) is 82.8 Å². The van der Waals surface area contributed by atoms with Gasteiger partial charge in [-0.2, -0.15) is 13.2 Å². The van der Waals surface area contributed by atoms with Crippen LogP contribution in [0.4, 0.5) is 13.2 Å². The van der Waals surface area contributed by atoms with Crippen LogP contribution >= 0.6 is 24.0 Å². The van der Waals surface area contributed by atoms with E-state index in [1.165, 1.54) is 30.3 Å². The number of carbonyl (C=O) groups excluding carboxylic acids is 1. The molecule has 1 aromatic heterocycles. The summed E-state index contributed by atoms with van der Waals surface area (Å²) in [6, 6.07) is 11.1. The number of phenols is 1. The van der Waals surface area contributed by atoms with Crippen molar-refractivity contribution >= 4 is 46.3 Å². The lowest BCUT2D eigenvalue weighted by Gasteiger charge is -2.18. The van der Waals surface area contributed by atoms with Gasteiger partial charge in [-0.1, -0.05) is 42.2 Å². The van der Waals surface area contributed by atoms with E-state index in [1.54, 1.807) is 36.6 Å². The van der Waals surface area contributed by atoms with E-state index in [9.17, 15) is 33.0 Å². The van der Waals surface area contributed by atoms with Crippen molar-refractivity contribution in [2.45, 2.75) is 26.6 Å². The number of aryl methyl sites for hydroxylation is 1. The molecule has 0 unspecified atom stereocenters. The first kappa shape index (κ1) is 25.5. The molecular formula is C25H19F3N2O4S2. The van der Waals surface area contributed by atoms with Gasteiger partial charge in [0.1, 0.15) is 15.6 Å². The van der Waals surface area contributed by atoms with Crippen LogP contribution in [0.5, 0.6) is 5.75 Å². The highest BCUT2D eigenvalue weighted by Gasteiger charge is 2.37. The molecule has 1 fully saturated rings. The zero-order chi connectivity index (χ0) is 26.4. The summed E-state index contributed by atoms with van der Waals surface area (Å²) < 4.78 is 42.1. The Hall–Kier alpha value is -3.57. The lowest BCUT2D eigenvalue weighted by molar-refractivity contribution is -0.138. The van der Waals surface area contributed by atoms with Gasteiger partial charge >= 0.3 is 12.1 Å². The molecule has 6 nitrogen and oxygen atoms in total. The number of alkyl halides is 3. The average molecular weight is 533 g/mol. The first-order valence-corrected chi connectivity index (χ1v) is 11.8. The molecule has 0 bridgehead atoms. The third kappa shape index (κ3) is 4.76. The van der Waals surface area contributed by atoms with E-state index >= 15 is 0 Å². The van der Waals surface area contributed by atoms with Crippen molar-refractivity contribution in [3.05, 3.63) is 87.1 Å². The van der Waals surface area contributed by atoms with Gasteiger partial charge in [-0.25, -0.2) is 4.79 Å². The number of hydrogen-bond donors (Lipinski definition) is 2. The van der Waals surface area contributed by atoms with E-state index in [2.05, 4.69) is 0 Å². The number of thioether (sulfide) groups is 1. The van der Waals surface area contributed by atoms with Gasteiger partial charge in [-0.05, 0) is 61.4 Å². The fourth-order valence-corrected chi connectivity index (χ4v) is 5.29. The Balaban J connectivity index is 1.66. The quantitative estimate of drug-likeness (QED) is 0.314. The highest BCUT2D eigenvalue weighted by molar-refractivity contribution is 8.26. The molecule has 2 aromatic carbocycles. The fourth-order valence-electron chi connectivity index (χ4n) is 4.05. The van der Waals surface area contributed by atoms with Crippen LogP contribution in [0.1, 0.15) is 38.4 Å². The Morgan fingerprint density at radius 1 is 1.14 bits per heavy atom. The van der Waals surface area contributed by atoms with E-state index in [1.807, 2.05) is 0 Å². The smallest absolute Gasteiger partial charge is 0.416 e. The number of carboxylic acids is 1. The van der Waals surface area contributed by atoms with Crippen molar-refractivity contribution in [2.24, 2.45) is 0 Å². The maximum Gasteiger partial charge on any atom is 0.416 e. The molecule has 36 heavy (non-hydrogen) atoms. The lowest BCUT2D eigenvalue weighted by atomic mass is 10.1. The largest absolute Gasteiger partial charge is 0.507 e. The molecule has 1 amide bonds. The number of carboxylic acid groups (broad SMARTS) is 1. The molecule has 1 aliphatic heterocycles. The predicted octanol–water partition coefficient (Wildman–Crippen LogP) is 5.92. The SMILES string of the molecule is Cc1cc(/C=C2\SC(=S)N(Cc3ccccc3C(F)(F)F)C2=O)c(C)n1-c1ccc(O)c(C(=O)O)c1. The molecule has 0 saturated carbocycles. The van der Waals surface area contributed by atoms with E-state index in [0.29, 0.717) is 16.9 Å². The van der Waals surface area contributed by atoms with Gasteiger partial charge in [-0.3, -0.25) is 9.69 Å². The Kier molecular flexibility index (Phi) is 6.72. The number of aromatic hydroxyl groups is 1. The number of thiocarbonyl (C=S) groups is 1. The molecule has 0 spiro atoms. The Labute approximate surface area is 213 Å². The second kappa shape index (κ2) is 9.47. The van der Waals surface area contributed by atoms with Gasteiger partial charge in [0.25, 0.3) is 5.91 Å². The first-order valence-electron chi connectivity index (χ1n) is 10.5. The summed E-state index contributed by atoms with van der Waals surface area (Å²) in [6.45, 7) is 3.28. The number of hydrogen-bond acceptors (Lipinski definition) is 5. The van der Waals surface area contributed by atoms with Crippen LogP contribution in [0, 0.1) is 13.8 Å². The molecule has 1 saturated heterocycles. The third-order valence-electron chi connectivity index (χ3n) is 5.75. The van der Waals surface area contributed by atoms with Crippen LogP contribution in [0.15, 0.2) is 53.4 Å². The van der Waals surface area contributed by atoms with Crippen LogP contribution in [-0.2, 0) is 17.5 Å². The van der Waals surface area contributed by atoms with Gasteiger partial charge in [0, 0.05) is 17.1 Å². The summed E-state index contributed by atoms with van der Waals surface area (Å²) in [5, 5.41) is 19.1. The van der Waals surface area contributed by atoms with E-state index < -0.39 is 23.6 Å². The Morgan fingerprint density at radius 3 is 2.50 bits per heavy atom. The molecule has 2 heterocycles. The van der Waals surface area contributed by atoms with Crippen LogP contribution in [0.25, 0.3) is 11.8 Å². The predicted molar refractivity (Wildman–Crippen MR) is 134 cm³/mol. The van der Waals surface area contributed by atoms with Crippen LogP contribution in [-0.4, -0.2) is 35.9 Å². The van der Waals surface area contributed by atoms with Crippen molar-refractivity contribution in [3.8, 4) is 11.4 Å². The average Bonchev–Trinajstić information content (AvgIpc) is 3.23. The molecular weight excluding hydrogens is 513 g/mol. The number of carbonyl (C=O) groups is 2. The summed E-state index contributed by atoms with van der Waals surface area (Å²) in [6.07, 6.45) is -2.94. The Morgan fingerprint density at radius 2 is 1.83 bits per heavy atom. The minimum Gasteiger partial charge on any atom is -0.507 e. The van der Waals surface area contributed by atoms with Crippen LogP contribution < -0.4 is 0 Å². The maximum absolute atomic E-state index is 13.4. The van der Waals surface area contributed by atoms with E-state index in [-0.39, 0.29) is 32.6 Å². The van der Waals surface area contributed by atoms with Gasteiger partial charge in [-0.15, -0.1) is 0 Å². The normalized spacial score (nSPS) is 15.2. The van der Waals surface area contributed by atoms with Crippen molar-refractivity contribution in [3.63, 3.8) is 0 Å². The van der Waals surface area contributed by atoms with E-state index in [0.717, 1.165) is 28.4 Å². The molecule has 0 atom stereocenters. The van der Waals surface area contributed by atoms with Crippen molar-refractivity contribution in [1.29, 1.82) is 0 Å². The number of aromatic nitrogens is 1. The number of nitrogens with zero attached hydrogens (tertiary/aromatic N) is 2. The van der Waals surface area contributed by atoms with Crippen LogP contribution in [0.3, 0.4) is 0 Å². The number of halogens is 3. The van der Waals surface area contributed by atoms with Crippen molar-refractivity contribution in [2.75, 3.05) is 0 Å². The summed E-state index contributed by atoms with van der Waals surface area (Å²) in [5.41, 5.74) is 1.49. The third-order valence-corrected chi connectivity index (χ3v) is 7.13. The zero-order valence-corrected chi connectivity index (χ0v) is 20.6. The Bertz CT molecular complexity index is 1440. The van der Waals surface area contributed by atoms with E-state index in [4.69, 9.17) is 12.2 Å². The monoisotopic (exact) mass is 532 g/mol. The second-order valence-corrected chi connectivity index (χ2v) is 9.77. The summed E-state index contributed by atoms with van der Waals surface area (Å²) in [7, 11) is 0. The highest BCUT2D eigenvalue weighted by Crippen LogP contribution is 2.37. The lowest BCUT2D eigenvalue weighted by Crippen LogP contribution is -2.28. The highest BCUT2D eigenvalue weighted by atomic mass is 32.2. The standard InChI is InChI=1S/C25H19F3N2O4S2/c1-13-9-16(14(2)30(13)17-7-8-20(31)18(11-17)23(33)34)10-21-22(32)29(24(35)36-21)12-15-5-3-4-6-19(15)25(26,27)28/h3-11,31H,12H2,1-2H3,(H,33,34)/b21-10-. The summed E-state index contributed by atoms with van der Waals surface area (Å²) >= 11 is 6.30. The summed E-state index contributed by atoms with van der Waals surface area (Å²) in [4.78, 5) is 25.9. The maximum atomic E-state index is 13.4. The molecule has 0 radical (unpaired) electrons. The van der Waals surface area contributed by atoms with Crippen molar-refractivity contribution < 1.29 is 33.0 Å². The molecule has 0 aliphatic carbocycles. The minimum atomic E-state index is -4.56. The van der Waals surface area contributed by atoms with Gasteiger partial charge in [0.15, 0.2) is 0 Å². The minimum absolute atomic E-state index is 0.0534. The molecule has 11 heteroatoms.